The average Bonchev–Trinajstić information content (AvgIpc) is 3.26. The highest BCUT2D eigenvalue weighted by atomic mass is 35.5. The van der Waals surface area contributed by atoms with Gasteiger partial charge in [0.05, 0.1) is 34.6 Å². The molecule has 0 saturated heterocycles. The van der Waals surface area contributed by atoms with Crippen LogP contribution in [-0.4, -0.2) is 25.7 Å². The van der Waals surface area contributed by atoms with Crippen LogP contribution in [0.25, 0.3) is 10.9 Å². The van der Waals surface area contributed by atoms with E-state index in [0.29, 0.717) is 27.5 Å². The normalized spacial score (nSPS) is 12.1. The number of anilines is 1. The van der Waals surface area contributed by atoms with Crippen LogP contribution in [0, 0.1) is 0 Å². The smallest absolute Gasteiger partial charge is 0.262 e. The monoisotopic (exact) mass is 440 g/mol. The summed E-state index contributed by atoms with van der Waals surface area (Å²) in [7, 11) is 0. The van der Waals surface area contributed by atoms with Crippen molar-refractivity contribution in [3.63, 3.8) is 0 Å². The number of amides is 1. The second-order valence-electron chi connectivity index (χ2n) is 6.47. The van der Waals surface area contributed by atoms with Gasteiger partial charge in [-0.25, -0.2) is 9.97 Å². The minimum atomic E-state index is -0.544. The van der Waals surface area contributed by atoms with Gasteiger partial charge >= 0.3 is 0 Å². The van der Waals surface area contributed by atoms with Gasteiger partial charge in [-0.15, -0.1) is 0 Å². The summed E-state index contributed by atoms with van der Waals surface area (Å²) in [6.07, 6.45) is 3.10. The highest BCUT2D eigenvalue weighted by Gasteiger charge is 2.21. The maximum atomic E-state index is 13.1. The van der Waals surface area contributed by atoms with Gasteiger partial charge < -0.3 is 9.73 Å². The molecule has 9 heteroatoms. The Kier molecular flexibility index (Phi) is 5.87. The van der Waals surface area contributed by atoms with Crippen molar-refractivity contribution in [1.82, 2.24) is 14.5 Å². The second kappa shape index (κ2) is 8.73. The van der Waals surface area contributed by atoms with Crippen LogP contribution in [0.5, 0.6) is 0 Å². The molecule has 4 rings (SSSR count). The molecule has 0 aliphatic heterocycles. The molecule has 1 atom stereocenters. The van der Waals surface area contributed by atoms with Crippen LogP contribution in [0.1, 0.15) is 12.7 Å². The molecule has 0 fully saturated rings. The van der Waals surface area contributed by atoms with Crippen molar-refractivity contribution in [2.45, 2.75) is 23.9 Å². The van der Waals surface area contributed by atoms with Crippen molar-refractivity contribution < 1.29 is 9.21 Å². The molecule has 1 N–H and O–H groups in total. The first kappa shape index (κ1) is 20.2. The Morgan fingerprint density at radius 2 is 2.07 bits per heavy atom. The Labute approximate surface area is 181 Å². The lowest BCUT2D eigenvalue weighted by Crippen LogP contribution is -2.27. The summed E-state index contributed by atoms with van der Waals surface area (Å²) in [6, 6.07) is 14.0. The number of benzene rings is 1. The van der Waals surface area contributed by atoms with Gasteiger partial charge in [0.25, 0.3) is 5.56 Å². The van der Waals surface area contributed by atoms with Crippen molar-refractivity contribution in [2.24, 2.45) is 0 Å². The highest BCUT2D eigenvalue weighted by Crippen LogP contribution is 2.25. The molecule has 152 valence electrons. The fourth-order valence-corrected chi connectivity index (χ4v) is 3.94. The van der Waals surface area contributed by atoms with E-state index in [2.05, 4.69) is 15.3 Å². The lowest BCUT2D eigenvalue weighted by atomic mass is 10.2. The van der Waals surface area contributed by atoms with Crippen molar-refractivity contribution in [2.75, 3.05) is 5.32 Å². The molecule has 3 heterocycles. The number of para-hydroxylation sites is 1. The van der Waals surface area contributed by atoms with Gasteiger partial charge in [0.1, 0.15) is 5.76 Å². The molecule has 0 aliphatic carbocycles. The minimum Gasteiger partial charge on any atom is -0.467 e. The van der Waals surface area contributed by atoms with Crippen LogP contribution < -0.4 is 10.9 Å². The van der Waals surface area contributed by atoms with Crippen LogP contribution in [0.3, 0.4) is 0 Å². The number of hydrogen-bond acceptors (Lipinski definition) is 6. The van der Waals surface area contributed by atoms with E-state index < -0.39 is 5.25 Å². The van der Waals surface area contributed by atoms with Gasteiger partial charge in [-0.05, 0) is 43.3 Å². The van der Waals surface area contributed by atoms with Gasteiger partial charge in [-0.2, -0.15) is 0 Å². The minimum absolute atomic E-state index is 0.192. The lowest BCUT2D eigenvalue weighted by Gasteiger charge is -2.16. The molecule has 0 aliphatic rings. The molecule has 3 aromatic heterocycles. The standard InChI is InChI=1S/C21H17ClN4O3S/c1-13(19(27)24-17-9-4-10-23-18(17)22)30-21-25-16-8-3-2-7-15(16)20(28)26(21)12-14-6-5-11-29-14/h2-11,13H,12H2,1H3,(H,24,27). The molecule has 0 saturated carbocycles. The Morgan fingerprint density at radius 3 is 2.83 bits per heavy atom. The first-order chi connectivity index (χ1) is 14.5. The molecule has 4 aromatic rings. The number of carbonyl (C=O) groups is 1. The zero-order valence-electron chi connectivity index (χ0n) is 15.9. The number of halogens is 1. The van der Waals surface area contributed by atoms with E-state index in [9.17, 15) is 9.59 Å². The summed E-state index contributed by atoms with van der Waals surface area (Å²) < 4.78 is 6.93. The van der Waals surface area contributed by atoms with Crippen LogP contribution in [0.2, 0.25) is 5.15 Å². The molecule has 0 bridgehead atoms. The largest absolute Gasteiger partial charge is 0.467 e. The van der Waals surface area contributed by atoms with Gasteiger partial charge in [-0.3, -0.25) is 14.2 Å². The van der Waals surface area contributed by atoms with E-state index >= 15 is 0 Å². The summed E-state index contributed by atoms with van der Waals surface area (Å²) in [5, 5.41) is 3.36. The zero-order chi connectivity index (χ0) is 21.1. The number of pyridine rings is 1. The number of carbonyl (C=O) groups excluding carboxylic acids is 1. The van der Waals surface area contributed by atoms with E-state index in [1.807, 2.05) is 6.07 Å². The van der Waals surface area contributed by atoms with Crippen LogP contribution in [0.4, 0.5) is 5.69 Å². The van der Waals surface area contributed by atoms with Crippen molar-refractivity contribution in [1.29, 1.82) is 0 Å². The van der Waals surface area contributed by atoms with Gasteiger partial charge in [-0.1, -0.05) is 35.5 Å². The number of nitrogens with zero attached hydrogens (tertiary/aromatic N) is 3. The lowest BCUT2D eigenvalue weighted by molar-refractivity contribution is -0.115. The van der Waals surface area contributed by atoms with Crippen LogP contribution in [-0.2, 0) is 11.3 Å². The molecular weight excluding hydrogens is 424 g/mol. The number of thioether (sulfide) groups is 1. The summed E-state index contributed by atoms with van der Waals surface area (Å²) in [4.78, 5) is 34.4. The van der Waals surface area contributed by atoms with E-state index in [1.54, 1.807) is 61.8 Å². The third-order valence-electron chi connectivity index (χ3n) is 4.39. The summed E-state index contributed by atoms with van der Waals surface area (Å²) >= 11 is 7.21. The van der Waals surface area contributed by atoms with Crippen molar-refractivity contribution >= 4 is 45.9 Å². The summed E-state index contributed by atoms with van der Waals surface area (Å²) in [6.45, 7) is 1.96. The van der Waals surface area contributed by atoms with E-state index in [-0.39, 0.29) is 23.2 Å². The van der Waals surface area contributed by atoms with Crippen molar-refractivity contribution in [3.05, 3.63) is 82.3 Å². The predicted octanol–water partition coefficient (Wildman–Crippen LogP) is 4.21. The molecule has 7 nitrogen and oxygen atoms in total. The quantitative estimate of drug-likeness (QED) is 0.274. The number of nitrogens with one attached hydrogen (secondary N) is 1. The van der Waals surface area contributed by atoms with Crippen LogP contribution in [0.15, 0.2) is 75.4 Å². The molecule has 30 heavy (non-hydrogen) atoms. The van der Waals surface area contributed by atoms with Gasteiger partial charge in [0.15, 0.2) is 10.3 Å². The predicted molar refractivity (Wildman–Crippen MR) is 117 cm³/mol. The Balaban J connectivity index is 1.66. The number of rotatable bonds is 6. The maximum Gasteiger partial charge on any atom is 0.262 e. The maximum absolute atomic E-state index is 13.1. The summed E-state index contributed by atoms with van der Waals surface area (Å²) in [5.41, 5.74) is 0.807. The first-order valence-corrected chi connectivity index (χ1v) is 10.4. The molecule has 1 unspecified atom stereocenters. The third-order valence-corrected chi connectivity index (χ3v) is 5.78. The fourth-order valence-electron chi connectivity index (χ4n) is 2.86. The fraction of sp³-hybridized carbons (Fsp3) is 0.143. The second-order valence-corrected chi connectivity index (χ2v) is 8.14. The molecular formula is C21H17ClN4O3S. The first-order valence-electron chi connectivity index (χ1n) is 9.13. The van der Waals surface area contributed by atoms with Crippen molar-refractivity contribution in [3.8, 4) is 0 Å². The number of aromatic nitrogens is 3. The highest BCUT2D eigenvalue weighted by molar-refractivity contribution is 8.00. The Bertz CT molecular complexity index is 1260. The Morgan fingerprint density at radius 1 is 1.23 bits per heavy atom. The van der Waals surface area contributed by atoms with E-state index in [1.165, 1.54) is 16.3 Å². The topological polar surface area (TPSA) is 90.0 Å². The SMILES string of the molecule is CC(Sc1nc2ccccc2c(=O)n1Cc1ccco1)C(=O)Nc1cccnc1Cl. The van der Waals surface area contributed by atoms with E-state index in [4.69, 9.17) is 16.0 Å². The number of hydrogen-bond donors (Lipinski definition) is 1. The van der Waals surface area contributed by atoms with Crippen LogP contribution >= 0.6 is 23.4 Å². The molecule has 0 radical (unpaired) electrons. The molecule has 1 aromatic carbocycles. The zero-order valence-corrected chi connectivity index (χ0v) is 17.5. The van der Waals surface area contributed by atoms with Gasteiger partial charge in [0.2, 0.25) is 5.91 Å². The molecule has 0 spiro atoms. The van der Waals surface area contributed by atoms with Gasteiger partial charge in [0, 0.05) is 6.20 Å². The summed E-state index contributed by atoms with van der Waals surface area (Å²) in [5.74, 6) is 0.345. The number of furan rings is 1. The molecule has 1 amide bonds. The van der Waals surface area contributed by atoms with E-state index in [0.717, 1.165) is 0 Å². The average molecular weight is 441 g/mol. The Hall–Kier alpha value is -3.10. The third kappa shape index (κ3) is 4.24. The number of fused-ring (bicyclic) bond motifs is 1.